The molecule has 0 heterocycles. The van der Waals surface area contributed by atoms with Crippen LogP contribution < -0.4 is 4.90 Å². The molecule has 0 bridgehead atoms. The molecule has 0 unspecified atom stereocenters. The molecule has 17 heavy (non-hydrogen) atoms. The second-order valence-electron chi connectivity index (χ2n) is 4.63. The molecule has 3 heteroatoms. The van der Waals surface area contributed by atoms with Gasteiger partial charge < -0.3 is 4.90 Å². The summed E-state index contributed by atoms with van der Waals surface area (Å²) >= 11 is 9.63. The Morgan fingerprint density at radius 1 is 1.35 bits per heavy atom. The molecule has 1 aliphatic rings. The Balaban J connectivity index is 2.29. The Kier molecular flexibility index (Phi) is 4.75. The molecule has 0 spiro atoms. The highest BCUT2D eigenvalue weighted by Gasteiger charge is 2.23. The van der Waals surface area contributed by atoms with Gasteiger partial charge in [0.05, 0.1) is 0 Å². The molecule has 0 radical (unpaired) electrons. The highest BCUT2D eigenvalue weighted by molar-refractivity contribution is 9.08. The van der Waals surface area contributed by atoms with E-state index in [4.69, 9.17) is 11.6 Å². The van der Waals surface area contributed by atoms with Crippen LogP contribution in [0.15, 0.2) is 18.2 Å². The van der Waals surface area contributed by atoms with Gasteiger partial charge in [0.1, 0.15) is 0 Å². The van der Waals surface area contributed by atoms with E-state index in [-0.39, 0.29) is 0 Å². The highest BCUT2D eigenvalue weighted by atomic mass is 79.9. The van der Waals surface area contributed by atoms with Crippen molar-refractivity contribution >= 4 is 33.2 Å². The molecule has 1 fully saturated rings. The van der Waals surface area contributed by atoms with Crippen molar-refractivity contribution in [3.63, 3.8) is 0 Å². The number of halogens is 2. The highest BCUT2D eigenvalue weighted by Crippen LogP contribution is 2.32. The largest absolute Gasteiger partial charge is 0.369 e. The number of alkyl halides is 1. The Morgan fingerprint density at radius 2 is 2.06 bits per heavy atom. The van der Waals surface area contributed by atoms with E-state index in [1.165, 1.54) is 36.9 Å². The lowest BCUT2D eigenvalue weighted by molar-refractivity contribution is 0.618. The summed E-state index contributed by atoms with van der Waals surface area (Å²) in [6.45, 7) is 3.32. The maximum absolute atomic E-state index is 6.06. The second-order valence-corrected chi connectivity index (χ2v) is 5.63. The molecule has 2 rings (SSSR count). The first-order valence-electron chi connectivity index (χ1n) is 6.37. The van der Waals surface area contributed by atoms with Gasteiger partial charge in [0, 0.05) is 28.6 Å². The molecule has 1 aromatic rings. The summed E-state index contributed by atoms with van der Waals surface area (Å²) in [5.74, 6) is 0. The van der Waals surface area contributed by atoms with Crippen LogP contribution in [0.1, 0.15) is 38.2 Å². The van der Waals surface area contributed by atoms with Crippen LogP contribution in [0.25, 0.3) is 0 Å². The van der Waals surface area contributed by atoms with Crippen molar-refractivity contribution in [2.75, 3.05) is 11.4 Å². The van der Waals surface area contributed by atoms with E-state index in [1.807, 2.05) is 6.07 Å². The summed E-state index contributed by atoms with van der Waals surface area (Å²) in [7, 11) is 0. The number of anilines is 1. The molecule has 1 nitrogen and oxygen atoms in total. The molecule has 0 aliphatic heterocycles. The molecule has 0 amide bonds. The lowest BCUT2D eigenvalue weighted by Gasteiger charge is -2.31. The maximum atomic E-state index is 6.06. The zero-order chi connectivity index (χ0) is 12.3. The summed E-state index contributed by atoms with van der Waals surface area (Å²) in [5, 5.41) is 1.69. The van der Waals surface area contributed by atoms with Gasteiger partial charge in [0.25, 0.3) is 0 Å². The fourth-order valence-electron chi connectivity index (χ4n) is 2.78. The van der Waals surface area contributed by atoms with Crippen molar-refractivity contribution < 1.29 is 0 Å². The minimum atomic E-state index is 0.721. The average molecular weight is 317 g/mol. The van der Waals surface area contributed by atoms with Gasteiger partial charge in [0.15, 0.2) is 0 Å². The molecule has 1 aromatic carbocycles. The fraction of sp³-hybridized carbons (Fsp3) is 0.571. The standard InChI is InChI=1S/C14H19BrClN/c1-2-17(13-5-3-4-6-13)14-8-7-12(16)9-11(14)10-15/h7-9,13H,2-6,10H2,1H3. The molecule has 0 N–H and O–H groups in total. The van der Waals surface area contributed by atoms with Gasteiger partial charge in [-0.25, -0.2) is 0 Å². The molecular formula is C14H19BrClN. The first-order chi connectivity index (χ1) is 8.26. The van der Waals surface area contributed by atoms with E-state index in [0.29, 0.717) is 0 Å². The van der Waals surface area contributed by atoms with E-state index < -0.39 is 0 Å². The Bertz CT molecular complexity index is 374. The van der Waals surface area contributed by atoms with Gasteiger partial charge >= 0.3 is 0 Å². The van der Waals surface area contributed by atoms with Crippen molar-refractivity contribution in [3.05, 3.63) is 28.8 Å². The van der Waals surface area contributed by atoms with Gasteiger partial charge in [-0.2, -0.15) is 0 Å². The minimum Gasteiger partial charge on any atom is -0.369 e. The lowest BCUT2D eigenvalue weighted by Crippen LogP contribution is -2.33. The van der Waals surface area contributed by atoms with Crippen LogP contribution in [-0.2, 0) is 5.33 Å². The van der Waals surface area contributed by atoms with Gasteiger partial charge in [-0.1, -0.05) is 40.4 Å². The SMILES string of the molecule is CCN(c1ccc(Cl)cc1CBr)C1CCCC1. The average Bonchev–Trinajstić information content (AvgIpc) is 2.85. The van der Waals surface area contributed by atoms with Crippen LogP contribution >= 0.6 is 27.5 Å². The third-order valence-corrected chi connectivity index (χ3v) is 4.44. The number of benzene rings is 1. The van der Waals surface area contributed by atoms with Crippen molar-refractivity contribution in [1.29, 1.82) is 0 Å². The number of hydrogen-bond acceptors (Lipinski definition) is 1. The van der Waals surface area contributed by atoms with Crippen molar-refractivity contribution in [3.8, 4) is 0 Å². The van der Waals surface area contributed by atoms with Crippen LogP contribution in [0.5, 0.6) is 0 Å². The van der Waals surface area contributed by atoms with Crippen LogP contribution in [-0.4, -0.2) is 12.6 Å². The molecule has 0 aromatic heterocycles. The molecular weight excluding hydrogens is 298 g/mol. The summed E-state index contributed by atoms with van der Waals surface area (Å²) in [5.41, 5.74) is 2.65. The minimum absolute atomic E-state index is 0.721. The number of rotatable bonds is 4. The predicted octanol–water partition coefficient (Wildman–Crippen LogP) is 5.00. The second kappa shape index (κ2) is 6.10. The zero-order valence-corrected chi connectivity index (χ0v) is 12.6. The van der Waals surface area contributed by atoms with Crippen LogP contribution in [0.4, 0.5) is 5.69 Å². The summed E-state index contributed by atoms with van der Waals surface area (Å²) in [6.07, 6.45) is 5.41. The van der Waals surface area contributed by atoms with E-state index in [2.05, 4.69) is 39.9 Å². The smallest absolute Gasteiger partial charge is 0.0410 e. The van der Waals surface area contributed by atoms with Crippen LogP contribution in [0.2, 0.25) is 5.02 Å². The van der Waals surface area contributed by atoms with E-state index >= 15 is 0 Å². The molecule has 0 atom stereocenters. The third-order valence-electron chi connectivity index (χ3n) is 3.60. The lowest BCUT2D eigenvalue weighted by atomic mass is 10.1. The van der Waals surface area contributed by atoms with Crippen molar-refractivity contribution in [2.24, 2.45) is 0 Å². The summed E-state index contributed by atoms with van der Waals surface area (Å²) < 4.78 is 0. The van der Waals surface area contributed by atoms with Crippen molar-refractivity contribution in [2.45, 2.75) is 44.0 Å². The van der Waals surface area contributed by atoms with Gasteiger partial charge in [0.2, 0.25) is 0 Å². The van der Waals surface area contributed by atoms with Gasteiger partial charge in [-0.15, -0.1) is 0 Å². The van der Waals surface area contributed by atoms with Crippen molar-refractivity contribution in [1.82, 2.24) is 0 Å². The third kappa shape index (κ3) is 2.97. The summed E-state index contributed by atoms with van der Waals surface area (Å²) in [6, 6.07) is 6.96. The maximum Gasteiger partial charge on any atom is 0.0410 e. The normalized spacial score (nSPS) is 16.4. The first-order valence-corrected chi connectivity index (χ1v) is 7.87. The first kappa shape index (κ1) is 13.2. The monoisotopic (exact) mass is 315 g/mol. The van der Waals surface area contributed by atoms with Gasteiger partial charge in [-0.3, -0.25) is 0 Å². The quantitative estimate of drug-likeness (QED) is 0.706. The Morgan fingerprint density at radius 3 is 2.65 bits per heavy atom. The number of nitrogens with zero attached hydrogens (tertiary/aromatic N) is 1. The molecule has 1 aliphatic carbocycles. The molecule has 94 valence electrons. The topological polar surface area (TPSA) is 3.24 Å². The summed E-state index contributed by atoms with van der Waals surface area (Å²) in [4.78, 5) is 2.54. The van der Waals surface area contributed by atoms with Crippen LogP contribution in [0.3, 0.4) is 0 Å². The van der Waals surface area contributed by atoms with E-state index in [9.17, 15) is 0 Å². The Labute approximate surface area is 117 Å². The zero-order valence-electron chi connectivity index (χ0n) is 10.3. The van der Waals surface area contributed by atoms with Crippen LogP contribution in [0, 0.1) is 0 Å². The fourth-order valence-corrected chi connectivity index (χ4v) is 3.43. The Hall–Kier alpha value is -0.210. The molecule has 1 saturated carbocycles. The van der Waals surface area contributed by atoms with Gasteiger partial charge in [-0.05, 0) is 43.5 Å². The number of hydrogen-bond donors (Lipinski definition) is 0. The molecule has 0 saturated heterocycles. The van der Waals surface area contributed by atoms with E-state index in [1.54, 1.807) is 0 Å². The van der Waals surface area contributed by atoms with E-state index in [0.717, 1.165) is 22.9 Å². The predicted molar refractivity (Wildman–Crippen MR) is 79.4 cm³/mol.